The fourth-order valence-corrected chi connectivity index (χ4v) is 9.70. The second kappa shape index (κ2) is 9.81. The van der Waals surface area contributed by atoms with Crippen molar-refractivity contribution in [2.24, 2.45) is 56.2 Å². The Morgan fingerprint density at radius 1 is 1.24 bits per heavy atom. The molecule has 3 saturated carbocycles. The number of hydrogen-bond donors (Lipinski definition) is 3. The van der Waals surface area contributed by atoms with Gasteiger partial charge in [-0.1, -0.05) is 59.3 Å². The first kappa shape index (κ1) is 28.3. The third-order valence-electron chi connectivity index (χ3n) is 12.1. The number of nitrogens with one attached hydrogen (secondary N) is 1. The van der Waals surface area contributed by atoms with Crippen LogP contribution in [0.5, 0.6) is 0 Å². The molecule has 0 aromatic heterocycles. The molecule has 4 rings (SSSR count). The summed E-state index contributed by atoms with van der Waals surface area (Å²) in [6, 6.07) is 0. The van der Waals surface area contributed by atoms with Gasteiger partial charge in [0.2, 0.25) is 0 Å². The molecule has 0 unspecified atom stereocenters. The van der Waals surface area contributed by atoms with Crippen LogP contribution in [0.4, 0.5) is 0 Å². The standard InChI is InChI=1S/C31H49N3O2S/c1-19(9-8-10-20(2)26(35)36)21-13-17-31(7)23-11-12-24-28(3,4)25(33-34-27(32)37)15-16-29(24,5)22(23)14-18-30(21,31)6/h10-11,19,21-22,24H,8-9,12-18H2,1-7H3,(H,35,36)(H3,32,34,37)/b20-10-,33-25+/t19-,21-,22-,24+,29+,30-,31+/m0/s1. The van der Waals surface area contributed by atoms with Gasteiger partial charge in [-0.15, -0.1) is 0 Å². The topological polar surface area (TPSA) is 87.7 Å². The number of fused-ring (bicyclic) bond motifs is 5. The van der Waals surface area contributed by atoms with Crippen LogP contribution in [-0.4, -0.2) is 21.9 Å². The van der Waals surface area contributed by atoms with E-state index in [4.69, 9.17) is 18.0 Å². The quantitative estimate of drug-likeness (QED) is 0.147. The van der Waals surface area contributed by atoms with Crippen molar-refractivity contribution < 1.29 is 9.90 Å². The van der Waals surface area contributed by atoms with Crippen LogP contribution in [0.2, 0.25) is 0 Å². The van der Waals surface area contributed by atoms with Crippen LogP contribution in [-0.2, 0) is 4.79 Å². The van der Waals surface area contributed by atoms with Crippen LogP contribution < -0.4 is 11.2 Å². The first-order valence-corrected chi connectivity index (χ1v) is 14.8. The van der Waals surface area contributed by atoms with Crippen molar-refractivity contribution in [3.8, 4) is 0 Å². The van der Waals surface area contributed by atoms with Crippen LogP contribution >= 0.6 is 12.2 Å². The fraction of sp³-hybridized carbons (Fsp3) is 0.774. The Bertz CT molecular complexity index is 1050. The summed E-state index contributed by atoms with van der Waals surface area (Å²) in [5.74, 6) is 1.69. The maximum atomic E-state index is 11.2. The largest absolute Gasteiger partial charge is 0.478 e. The summed E-state index contributed by atoms with van der Waals surface area (Å²) in [5, 5.41) is 14.1. The second-order valence-corrected chi connectivity index (χ2v) is 14.4. The first-order valence-electron chi connectivity index (χ1n) is 14.4. The Morgan fingerprint density at radius 3 is 2.59 bits per heavy atom. The van der Waals surface area contributed by atoms with Crippen LogP contribution in [0.15, 0.2) is 28.4 Å². The van der Waals surface area contributed by atoms with E-state index in [0.717, 1.165) is 25.7 Å². The number of hydrazone groups is 1. The highest BCUT2D eigenvalue weighted by Crippen LogP contribution is 2.73. The molecule has 3 fully saturated rings. The van der Waals surface area contributed by atoms with Crippen molar-refractivity contribution in [2.45, 2.75) is 106 Å². The number of hydrogen-bond acceptors (Lipinski definition) is 3. The van der Waals surface area contributed by atoms with Crippen molar-refractivity contribution in [1.29, 1.82) is 0 Å². The van der Waals surface area contributed by atoms with E-state index in [1.54, 1.807) is 12.5 Å². The summed E-state index contributed by atoms with van der Waals surface area (Å²) in [5.41, 5.74) is 12.8. The molecule has 0 aromatic carbocycles. The van der Waals surface area contributed by atoms with Crippen molar-refractivity contribution in [3.63, 3.8) is 0 Å². The van der Waals surface area contributed by atoms with Gasteiger partial charge in [0.05, 0.1) is 0 Å². The Kier molecular flexibility index (Phi) is 7.51. The van der Waals surface area contributed by atoms with E-state index in [0.29, 0.717) is 34.7 Å². The Labute approximate surface area is 229 Å². The lowest BCUT2D eigenvalue weighted by atomic mass is 9.41. The number of nitrogens with two attached hydrogens (primary N) is 1. The summed E-state index contributed by atoms with van der Waals surface area (Å²) >= 11 is 5.01. The lowest BCUT2D eigenvalue weighted by molar-refractivity contribution is -0.132. The molecule has 206 valence electrons. The van der Waals surface area contributed by atoms with Gasteiger partial charge >= 0.3 is 5.97 Å². The van der Waals surface area contributed by atoms with Gasteiger partial charge in [-0.25, -0.2) is 4.79 Å². The molecule has 0 bridgehead atoms. The van der Waals surface area contributed by atoms with E-state index in [2.05, 4.69) is 58.1 Å². The molecule has 0 spiro atoms. The zero-order valence-electron chi connectivity index (χ0n) is 24.1. The summed E-state index contributed by atoms with van der Waals surface area (Å²) in [7, 11) is 0. The maximum absolute atomic E-state index is 11.2. The molecular weight excluding hydrogens is 478 g/mol. The number of carboxylic acids is 1. The van der Waals surface area contributed by atoms with Gasteiger partial charge in [-0.3, -0.25) is 5.43 Å². The highest BCUT2D eigenvalue weighted by atomic mass is 32.1. The molecule has 0 aromatic rings. The predicted molar refractivity (Wildman–Crippen MR) is 156 cm³/mol. The molecule has 4 aliphatic carbocycles. The average Bonchev–Trinajstić information content (AvgIpc) is 3.09. The van der Waals surface area contributed by atoms with Gasteiger partial charge in [0.15, 0.2) is 5.11 Å². The van der Waals surface area contributed by atoms with Crippen molar-refractivity contribution in [1.82, 2.24) is 5.43 Å². The van der Waals surface area contributed by atoms with Gasteiger partial charge in [-0.2, -0.15) is 5.10 Å². The molecule has 6 heteroatoms. The van der Waals surface area contributed by atoms with E-state index in [1.807, 2.05) is 6.08 Å². The van der Waals surface area contributed by atoms with Gasteiger partial charge in [0, 0.05) is 16.7 Å². The van der Waals surface area contributed by atoms with E-state index >= 15 is 0 Å². The van der Waals surface area contributed by atoms with E-state index in [-0.39, 0.29) is 21.4 Å². The van der Waals surface area contributed by atoms with Crippen molar-refractivity contribution in [3.05, 3.63) is 23.3 Å². The monoisotopic (exact) mass is 527 g/mol. The number of carboxylic acid groups (broad SMARTS) is 1. The molecule has 0 aliphatic heterocycles. The average molecular weight is 528 g/mol. The number of nitrogens with zero attached hydrogens (tertiary/aromatic N) is 1. The van der Waals surface area contributed by atoms with Crippen LogP contribution in [0, 0.1) is 45.3 Å². The summed E-state index contributed by atoms with van der Waals surface area (Å²) in [4.78, 5) is 11.2. The van der Waals surface area contributed by atoms with Crippen molar-refractivity contribution in [2.75, 3.05) is 0 Å². The highest BCUT2D eigenvalue weighted by molar-refractivity contribution is 7.80. The second-order valence-electron chi connectivity index (χ2n) is 13.9. The zero-order valence-corrected chi connectivity index (χ0v) is 24.9. The molecule has 4 aliphatic rings. The molecule has 5 nitrogen and oxygen atoms in total. The summed E-state index contributed by atoms with van der Waals surface area (Å²) in [6.45, 7) is 16.6. The molecule has 0 radical (unpaired) electrons. The van der Waals surface area contributed by atoms with Crippen molar-refractivity contribution >= 4 is 29.0 Å². The van der Waals surface area contributed by atoms with Crippen LogP contribution in [0.25, 0.3) is 0 Å². The minimum Gasteiger partial charge on any atom is -0.478 e. The molecule has 37 heavy (non-hydrogen) atoms. The minimum atomic E-state index is -0.800. The van der Waals surface area contributed by atoms with Crippen LogP contribution in [0.1, 0.15) is 106 Å². The predicted octanol–water partition coefficient (Wildman–Crippen LogP) is 7.23. The fourth-order valence-electron chi connectivity index (χ4n) is 9.65. The van der Waals surface area contributed by atoms with Gasteiger partial charge in [-0.05, 0) is 117 Å². The molecule has 0 heterocycles. The smallest absolute Gasteiger partial charge is 0.330 e. The molecule has 0 amide bonds. The Balaban J connectivity index is 1.58. The lowest BCUT2D eigenvalue weighted by Gasteiger charge is -2.63. The SMILES string of the molecule is C/C(=C/CC[C@H](C)[C@@H]1CC[C@]2(C)C3=CC[C@@H]4C(C)(C)/C(=N/NC(N)=S)CC[C@]4(C)[C@H]3CC[C@@]12C)C(=O)O. The number of rotatable bonds is 6. The van der Waals surface area contributed by atoms with E-state index in [1.165, 1.54) is 37.8 Å². The number of thiocarbonyl (C=S) groups is 1. The van der Waals surface area contributed by atoms with Crippen LogP contribution in [0.3, 0.4) is 0 Å². The molecular formula is C31H49N3O2S. The molecule has 4 N–H and O–H groups in total. The molecule has 0 saturated heterocycles. The minimum absolute atomic E-state index is 0.00277. The van der Waals surface area contributed by atoms with Gasteiger partial charge in [0.25, 0.3) is 0 Å². The Hall–Kier alpha value is -1.69. The summed E-state index contributed by atoms with van der Waals surface area (Å²) in [6.07, 6.45) is 14.9. The third-order valence-corrected chi connectivity index (χ3v) is 12.2. The van der Waals surface area contributed by atoms with Gasteiger partial charge in [0.1, 0.15) is 0 Å². The number of aliphatic carboxylic acids is 1. The third kappa shape index (κ3) is 4.49. The van der Waals surface area contributed by atoms with E-state index < -0.39 is 5.97 Å². The highest BCUT2D eigenvalue weighted by Gasteiger charge is 2.65. The number of carbonyl (C=O) groups is 1. The number of allylic oxidation sites excluding steroid dienone is 3. The summed E-state index contributed by atoms with van der Waals surface area (Å²) < 4.78 is 0. The normalized spacial score (nSPS) is 40.7. The van der Waals surface area contributed by atoms with Gasteiger partial charge < -0.3 is 10.8 Å². The first-order chi connectivity index (χ1) is 17.2. The zero-order chi connectivity index (χ0) is 27.4. The van der Waals surface area contributed by atoms with E-state index in [9.17, 15) is 9.90 Å². The lowest BCUT2D eigenvalue weighted by Crippen LogP contribution is -2.57. The Morgan fingerprint density at radius 2 is 1.95 bits per heavy atom. The molecule has 7 atom stereocenters. The maximum Gasteiger partial charge on any atom is 0.330 e.